The van der Waals surface area contributed by atoms with Crippen LogP contribution in [0, 0.1) is 0 Å². The van der Waals surface area contributed by atoms with Gasteiger partial charge in [-0.05, 0) is 39.2 Å². The number of hydrogen-bond acceptors (Lipinski definition) is 4. The predicted octanol–water partition coefficient (Wildman–Crippen LogP) is 2.62. The summed E-state index contributed by atoms with van der Waals surface area (Å²) in [6.07, 6.45) is 5.85. The minimum Gasteiger partial charge on any atom is -0.489 e. The number of carbonyl (C=O) groups is 1. The van der Waals surface area contributed by atoms with Crippen LogP contribution in [0.5, 0.6) is 5.75 Å². The number of aromatic nitrogens is 1. The van der Waals surface area contributed by atoms with E-state index in [1.807, 2.05) is 13.8 Å². The van der Waals surface area contributed by atoms with E-state index in [1.165, 1.54) is 0 Å². The van der Waals surface area contributed by atoms with Crippen LogP contribution in [-0.2, 0) is 4.74 Å². The SMILES string of the molecule is CC(C)Oc1cncc(C(=O)C2CCCCO2)c1. The van der Waals surface area contributed by atoms with Crippen molar-refractivity contribution in [2.24, 2.45) is 0 Å². The van der Waals surface area contributed by atoms with Crippen LogP contribution in [0.3, 0.4) is 0 Å². The summed E-state index contributed by atoms with van der Waals surface area (Å²) >= 11 is 0. The van der Waals surface area contributed by atoms with Gasteiger partial charge in [0, 0.05) is 18.4 Å². The third-order valence-corrected chi connectivity index (χ3v) is 2.84. The van der Waals surface area contributed by atoms with Gasteiger partial charge in [0.15, 0.2) is 5.78 Å². The second-order valence-corrected chi connectivity index (χ2v) is 4.80. The molecular weight excluding hydrogens is 230 g/mol. The molecule has 1 atom stereocenters. The van der Waals surface area contributed by atoms with Gasteiger partial charge in [0.1, 0.15) is 11.9 Å². The Morgan fingerprint density at radius 2 is 2.28 bits per heavy atom. The molecule has 0 aliphatic carbocycles. The van der Waals surface area contributed by atoms with E-state index in [2.05, 4.69) is 4.98 Å². The summed E-state index contributed by atoms with van der Waals surface area (Å²) in [6.45, 7) is 4.56. The predicted molar refractivity (Wildman–Crippen MR) is 67.9 cm³/mol. The molecule has 1 aromatic heterocycles. The Bertz CT molecular complexity index is 411. The second kappa shape index (κ2) is 5.96. The highest BCUT2D eigenvalue weighted by molar-refractivity contribution is 5.99. The first-order valence-corrected chi connectivity index (χ1v) is 6.44. The monoisotopic (exact) mass is 249 g/mol. The van der Waals surface area contributed by atoms with E-state index in [0.717, 1.165) is 19.3 Å². The van der Waals surface area contributed by atoms with Crippen LogP contribution in [-0.4, -0.2) is 29.6 Å². The molecule has 1 aliphatic heterocycles. The highest BCUT2D eigenvalue weighted by Crippen LogP contribution is 2.20. The number of hydrogen-bond donors (Lipinski definition) is 0. The Balaban J connectivity index is 2.09. The van der Waals surface area contributed by atoms with Crippen LogP contribution < -0.4 is 4.74 Å². The number of carbonyl (C=O) groups excluding carboxylic acids is 1. The summed E-state index contributed by atoms with van der Waals surface area (Å²) in [6, 6.07) is 1.74. The molecule has 0 spiro atoms. The van der Waals surface area contributed by atoms with Crippen molar-refractivity contribution in [3.8, 4) is 5.75 Å². The van der Waals surface area contributed by atoms with Crippen LogP contribution in [0.2, 0.25) is 0 Å². The van der Waals surface area contributed by atoms with Gasteiger partial charge in [-0.3, -0.25) is 9.78 Å². The molecule has 0 saturated carbocycles. The average Bonchev–Trinajstić information content (AvgIpc) is 2.38. The Labute approximate surface area is 107 Å². The van der Waals surface area contributed by atoms with Crippen LogP contribution in [0.1, 0.15) is 43.5 Å². The molecule has 98 valence electrons. The lowest BCUT2D eigenvalue weighted by atomic mass is 10.0. The molecular formula is C14H19NO3. The lowest BCUT2D eigenvalue weighted by molar-refractivity contribution is 0.0186. The third kappa shape index (κ3) is 3.29. The number of rotatable bonds is 4. The summed E-state index contributed by atoms with van der Waals surface area (Å²) in [5.41, 5.74) is 0.569. The van der Waals surface area contributed by atoms with Crippen molar-refractivity contribution in [1.29, 1.82) is 0 Å². The minimum atomic E-state index is -0.310. The van der Waals surface area contributed by atoms with E-state index in [4.69, 9.17) is 9.47 Å². The quantitative estimate of drug-likeness (QED) is 0.770. The van der Waals surface area contributed by atoms with Crippen molar-refractivity contribution < 1.29 is 14.3 Å². The van der Waals surface area contributed by atoms with Crippen LogP contribution in [0.15, 0.2) is 18.5 Å². The topological polar surface area (TPSA) is 48.4 Å². The molecule has 1 unspecified atom stereocenters. The molecule has 0 amide bonds. The van der Waals surface area contributed by atoms with Crippen molar-refractivity contribution in [3.63, 3.8) is 0 Å². The zero-order chi connectivity index (χ0) is 13.0. The smallest absolute Gasteiger partial charge is 0.193 e. The highest BCUT2D eigenvalue weighted by Gasteiger charge is 2.23. The molecule has 0 N–H and O–H groups in total. The number of ketones is 1. The fourth-order valence-electron chi connectivity index (χ4n) is 2.02. The molecule has 0 radical (unpaired) electrons. The molecule has 4 heteroatoms. The van der Waals surface area contributed by atoms with Gasteiger partial charge in [0.2, 0.25) is 0 Å². The first kappa shape index (κ1) is 13.0. The molecule has 0 bridgehead atoms. The Morgan fingerprint density at radius 3 is 2.94 bits per heavy atom. The largest absolute Gasteiger partial charge is 0.489 e. The van der Waals surface area contributed by atoms with Crippen molar-refractivity contribution >= 4 is 5.78 Å². The third-order valence-electron chi connectivity index (χ3n) is 2.84. The van der Waals surface area contributed by atoms with Crippen molar-refractivity contribution in [1.82, 2.24) is 4.98 Å². The maximum atomic E-state index is 12.2. The van der Waals surface area contributed by atoms with Gasteiger partial charge in [0.05, 0.1) is 12.3 Å². The van der Waals surface area contributed by atoms with E-state index in [0.29, 0.717) is 17.9 Å². The summed E-state index contributed by atoms with van der Waals surface area (Å²) in [5, 5.41) is 0. The van der Waals surface area contributed by atoms with E-state index >= 15 is 0 Å². The van der Waals surface area contributed by atoms with Crippen LogP contribution >= 0.6 is 0 Å². The number of Topliss-reactive ketones (excluding diaryl/α,β-unsaturated/α-hetero) is 1. The van der Waals surface area contributed by atoms with Crippen molar-refractivity contribution in [2.45, 2.75) is 45.3 Å². The lowest BCUT2D eigenvalue weighted by Crippen LogP contribution is -2.28. The van der Waals surface area contributed by atoms with E-state index < -0.39 is 0 Å². The highest BCUT2D eigenvalue weighted by atomic mass is 16.5. The maximum absolute atomic E-state index is 12.2. The Hall–Kier alpha value is -1.42. The van der Waals surface area contributed by atoms with Gasteiger partial charge in [-0.25, -0.2) is 0 Å². The first-order chi connectivity index (χ1) is 8.66. The Kier molecular flexibility index (Phi) is 4.31. The van der Waals surface area contributed by atoms with Crippen LogP contribution in [0.25, 0.3) is 0 Å². The molecule has 1 fully saturated rings. The number of pyridine rings is 1. The maximum Gasteiger partial charge on any atom is 0.193 e. The van der Waals surface area contributed by atoms with E-state index in [9.17, 15) is 4.79 Å². The van der Waals surface area contributed by atoms with E-state index in [-0.39, 0.29) is 18.0 Å². The number of nitrogens with zero attached hydrogens (tertiary/aromatic N) is 1. The van der Waals surface area contributed by atoms with Gasteiger partial charge in [-0.2, -0.15) is 0 Å². The standard InChI is InChI=1S/C14H19NO3/c1-10(2)18-12-7-11(8-15-9-12)14(16)13-5-3-4-6-17-13/h7-10,13H,3-6H2,1-2H3. The summed E-state index contributed by atoms with van der Waals surface area (Å²) in [7, 11) is 0. The van der Waals surface area contributed by atoms with E-state index in [1.54, 1.807) is 18.5 Å². The molecule has 0 aromatic carbocycles. The van der Waals surface area contributed by atoms with Crippen molar-refractivity contribution in [3.05, 3.63) is 24.0 Å². The molecule has 1 aromatic rings. The van der Waals surface area contributed by atoms with Gasteiger partial charge in [-0.1, -0.05) is 0 Å². The summed E-state index contributed by atoms with van der Waals surface area (Å²) < 4.78 is 11.0. The van der Waals surface area contributed by atoms with Gasteiger partial charge < -0.3 is 9.47 Å². The lowest BCUT2D eigenvalue weighted by Gasteiger charge is -2.21. The fourth-order valence-corrected chi connectivity index (χ4v) is 2.02. The van der Waals surface area contributed by atoms with Crippen molar-refractivity contribution in [2.75, 3.05) is 6.61 Å². The average molecular weight is 249 g/mol. The first-order valence-electron chi connectivity index (χ1n) is 6.44. The zero-order valence-electron chi connectivity index (χ0n) is 10.9. The molecule has 4 nitrogen and oxygen atoms in total. The minimum absolute atomic E-state index is 0.0106. The molecule has 2 heterocycles. The molecule has 1 saturated heterocycles. The molecule has 1 aliphatic rings. The molecule has 2 rings (SSSR count). The van der Waals surface area contributed by atoms with Gasteiger partial charge in [-0.15, -0.1) is 0 Å². The van der Waals surface area contributed by atoms with Crippen LogP contribution in [0.4, 0.5) is 0 Å². The van der Waals surface area contributed by atoms with Gasteiger partial charge >= 0.3 is 0 Å². The number of ether oxygens (including phenoxy) is 2. The summed E-state index contributed by atoms with van der Waals surface area (Å²) in [4.78, 5) is 16.3. The summed E-state index contributed by atoms with van der Waals surface area (Å²) in [5.74, 6) is 0.642. The fraction of sp³-hybridized carbons (Fsp3) is 0.571. The molecule has 18 heavy (non-hydrogen) atoms. The zero-order valence-corrected chi connectivity index (χ0v) is 10.9. The van der Waals surface area contributed by atoms with Gasteiger partial charge in [0.25, 0.3) is 0 Å². The normalized spacial score (nSPS) is 19.8. The Morgan fingerprint density at radius 1 is 1.44 bits per heavy atom. The second-order valence-electron chi connectivity index (χ2n) is 4.80.